The highest BCUT2D eigenvalue weighted by Gasteiger charge is 2.32. The van der Waals surface area contributed by atoms with E-state index in [0.29, 0.717) is 0 Å². The van der Waals surface area contributed by atoms with Crippen molar-refractivity contribution in [2.24, 2.45) is 0 Å². The molecule has 2 aliphatic heterocycles. The number of quaternary nitrogens is 3. The van der Waals surface area contributed by atoms with Crippen LogP contribution in [0.4, 0.5) is 0 Å². The molecule has 2 aliphatic rings. The lowest BCUT2D eigenvalue weighted by Gasteiger charge is -2.37. The second-order valence-corrected chi connectivity index (χ2v) is 6.80. The summed E-state index contributed by atoms with van der Waals surface area (Å²) in [4.78, 5) is 5.40. The molecule has 0 spiro atoms. The van der Waals surface area contributed by atoms with Gasteiger partial charge in [0.2, 0.25) is 0 Å². The number of hydrogen-bond donors (Lipinski definition) is 3. The molecule has 2 saturated heterocycles. The third kappa shape index (κ3) is 3.60. The average Bonchev–Trinajstić information content (AvgIpc) is 2.50. The minimum atomic E-state index is 0.947. The molecule has 0 unspecified atom stereocenters. The zero-order valence-corrected chi connectivity index (χ0v) is 12.8. The molecule has 3 nitrogen and oxygen atoms in total. The molecule has 3 rings (SSSR count). The molecule has 0 amide bonds. The Morgan fingerprint density at radius 1 is 0.900 bits per heavy atom. The largest absolute Gasteiger partial charge is 0.331 e. The van der Waals surface area contributed by atoms with Crippen LogP contribution in [0.2, 0.25) is 0 Å². The van der Waals surface area contributed by atoms with Crippen LogP contribution in [0, 0.1) is 0 Å². The Labute approximate surface area is 123 Å². The van der Waals surface area contributed by atoms with Crippen LogP contribution < -0.4 is 14.7 Å². The Bertz CT molecular complexity index is 390. The number of likely N-dealkylation sites (tertiary alicyclic amines) is 1. The van der Waals surface area contributed by atoms with Gasteiger partial charge in [-0.25, -0.2) is 0 Å². The van der Waals surface area contributed by atoms with Crippen molar-refractivity contribution in [3.63, 3.8) is 0 Å². The molecule has 0 aliphatic carbocycles. The smallest absolute Gasteiger partial charge is 0.127 e. The number of benzene rings is 1. The molecular weight excluding hydrogens is 246 g/mol. The van der Waals surface area contributed by atoms with E-state index in [-0.39, 0.29) is 0 Å². The first-order chi connectivity index (χ1) is 9.81. The normalized spacial score (nSPS) is 34.9. The number of hydrogen-bond acceptors (Lipinski definition) is 0. The van der Waals surface area contributed by atoms with E-state index in [9.17, 15) is 0 Å². The lowest BCUT2D eigenvalue weighted by Crippen LogP contribution is -3.29. The van der Waals surface area contributed by atoms with Crippen molar-refractivity contribution in [3.05, 3.63) is 35.9 Å². The molecule has 2 heterocycles. The first kappa shape index (κ1) is 14.1. The van der Waals surface area contributed by atoms with Gasteiger partial charge < -0.3 is 14.7 Å². The van der Waals surface area contributed by atoms with Gasteiger partial charge in [-0.1, -0.05) is 30.3 Å². The Balaban J connectivity index is 1.45. The molecule has 0 aromatic heterocycles. The molecule has 0 atom stereocenters. The second-order valence-electron chi connectivity index (χ2n) is 6.80. The lowest BCUT2D eigenvalue weighted by molar-refractivity contribution is -1.02. The fourth-order valence-electron chi connectivity index (χ4n) is 3.90. The van der Waals surface area contributed by atoms with E-state index < -0.39 is 0 Å². The fraction of sp³-hybridized carbons (Fsp3) is 0.647. The average molecular weight is 276 g/mol. The molecule has 0 radical (unpaired) electrons. The molecule has 0 saturated carbocycles. The minimum Gasteiger partial charge on any atom is -0.331 e. The highest BCUT2D eigenvalue weighted by atomic mass is 15.3. The molecule has 3 heteroatoms. The maximum atomic E-state index is 2.34. The fourth-order valence-corrected chi connectivity index (χ4v) is 3.90. The van der Waals surface area contributed by atoms with Crippen molar-refractivity contribution < 1.29 is 14.7 Å². The highest BCUT2D eigenvalue weighted by Crippen LogP contribution is 1.99. The summed E-state index contributed by atoms with van der Waals surface area (Å²) in [5.41, 5.74) is 1.50. The summed E-state index contributed by atoms with van der Waals surface area (Å²) < 4.78 is 0. The van der Waals surface area contributed by atoms with E-state index in [0.717, 1.165) is 6.04 Å². The Kier molecular flexibility index (Phi) is 4.71. The van der Waals surface area contributed by atoms with Crippen molar-refractivity contribution in [3.8, 4) is 0 Å². The maximum Gasteiger partial charge on any atom is 0.127 e. The molecule has 2 fully saturated rings. The molecule has 20 heavy (non-hydrogen) atoms. The number of nitrogens with one attached hydrogen (secondary N) is 3. The van der Waals surface area contributed by atoms with Crippen LogP contribution >= 0.6 is 0 Å². The third-order valence-electron chi connectivity index (χ3n) is 5.31. The summed E-state index contributed by atoms with van der Waals surface area (Å²) in [6.45, 7) is 9.47. The summed E-state index contributed by atoms with van der Waals surface area (Å²) in [6, 6.07) is 11.9. The van der Waals surface area contributed by atoms with Gasteiger partial charge in [-0.2, -0.15) is 0 Å². The summed E-state index contributed by atoms with van der Waals surface area (Å²) in [7, 11) is 2.34. The van der Waals surface area contributed by atoms with Gasteiger partial charge in [0, 0.05) is 18.4 Å². The van der Waals surface area contributed by atoms with Gasteiger partial charge in [0.05, 0.1) is 26.2 Å². The zero-order valence-electron chi connectivity index (χ0n) is 12.8. The van der Waals surface area contributed by atoms with Crippen LogP contribution in [-0.2, 0) is 6.54 Å². The van der Waals surface area contributed by atoms with Crippen LogP contribution in [0.25, 0.3) is 0 Å². The van der Waals surface area contributed by atoms with E-state index >= 15 is 0 Å². The number of piperazine rings is 1. The molecule has 3 N–H and O–H groups in total. The van der Waals surface area contributed by atoms with Gasteiger partial charge >= 0.3 is 0 Å². The van der Waals surface area contributed by atoms with Crippen LogP contribution in [0.15, 0.2) is 30.3 Å². The van der Waals surface area contributed by atoms with Crippen molar-refractivity contribution in [2.75, 3.05) is 46.3 Å². The monoisotopic (exact) mass is 276 g/mol. The van der Waals surface area contributed by atoms with Crippen LogP contribution in [0.5, 0.6) is 0 Å². The summed E-state index contributed by atoms with van der Waals surface area (Å²) in [6.07, 6.45) is 2.85. The number of likely N-dealkylation sites (N-methyl/N-ethyl adjacent to an activating group) is 1. The van der Waals surface area contributed by atoms with E-state index in [1.54, 1.807) is 9.80 Å². The van der Waals surface area contributed by atoms with Crippen LogP contribution in [0.1, 0.15) is 18.4 Å². The summed E-state index contributed by atoms with van der Waals surface area (Å²) >= 11 is 0. The lowest BCUT2D eigenvalue weighted by atomic mass is 10.0. The zero-order chi connectivity index (χ0) is 13.8. The Morgan fingerprint density at radius 3 is 2.20 bits per heavy atom. The Morgan fingerprint density at radius 2 is 1.55 bits per heavy atom. The van der Waals surface area contributed by atoms with Gasteiger partial charge in [-0.15, -0.1) is 0 Å². The predicted octanol–water partition coefficient (Wildman–Crippen LogP) is -2.35. The SMILES string of the molecule is C[NH+]1CC[NH+](C2CC[NH+](Cc3ccccc3)CC2)CC1. The van der Waals surface area contributed by atoms with Crippen LogP contribution in [0.3, 0.4) is 0 Å². The van der Waals surface area contributed by atoms with Gasteiger partial charge in [0.1, 0.15) is 32.7 Å². The number of rotatable bonds is 3. The maximum absolute atomic E-state index is 2.34. The molecule has 1 aromatic rings. The first-order valence-corrected chi connectivity index (χ1v) is 8.34. The van der Waals surface area contributed by atoms with Crippen molar-refractivity contribution in [1.29, 1.82) is 0 Å². The van der Waals surface area contributed by atoms with E-state index in [1.807, 2.05) is 4.90 Å². The van der Waals surface area contributed by atoms with Crippen molar-refractivity contribution >= 4 is 0 Å². The highest BCUT2D eigenvalue weighted by molar-refractivity contribution is 5.13. The minimum absolute atomic E-state index is 0.947. The number of piperidine rings is 1. The molecule has 110 valence electrons. The van der Waals surface area contributed by atoms with Gasteiger partial charge in [0.15, 0.2) is 0 Å². The van der Waals surface area contributed by atoms with Gasteiger partial charge in [0.25, 0.3) is 0 Å². The standard InChI is InChI=1S/C17H27N3/c1-18-11-13-20(14-12-18)17-7-9-19(10-8-17)15-16-5-3-2-4-6-16/h2-6,17H,7-15H2,1H3/p+3. The van der Waals surface area contributed by atoms with Gasteiger partial charge in [-0.05, 0) is 0 Å². The molecule has 0 bridgehead atoms. The summed E-state index contributed by atoms with van der Waals surface area (Å²) in [5.74, 6) is 0. The first-order valence-electron chi connectivity index (χ1n) is 8.34. The van der Waals surface area contributed by atoms with E-state index in [4.69, 9.17) is 0 Å². The molecule has 1 aromatic carbocycles. The topological polar surface area (TPSA) is 13.3 Å². The molecular formula is C17H30N3+3. The van der Waals surface area contributed by atoms with Gasteiger partial charge in [-0.3, -0.25) is 0 Å². The van der Waals surface area contributed by atoms with Crippen LogP contribution in [-0.4, -0.2) is 52.4 Å². The third-order valence-corrected chi connectivity index (χ3v) is 5.31. The quantitative estimate of drug-likeness (QED) is 0.547. The summed E-state index contributed by atoms with van der Waals surface area (Å²) in [5, 5.41) is 0. The van der Waals surface area contributed by atoms with Crippen molar-refractivity contribution in [1.82, 2.24) is 0 Å². The predicted molar refractivity (Wildman–Crippen MR) is 81.2 cm³/mol. The van der Waals surface area contributed by atoms with Crippen molar-refractivity contribution in [2.45, 2.75) is 25.4 Å². The van der Waals surface area contributed by atoms with E-state index in [1.165, 1.54) is 64.2 Å². The Hall–Kier alpha value is -0.900. The van der Waals surface area contributed by atoms with E-state index in [2.05, 4.69) is 37.4 Å². The second kappa shape index (κ2) is 6.70.